The van der Waals surface area contributed by atoms with E-state index < -0.39 is 17.9 Å². The SMILES string of the molecule is COC(=O)CC[C@@H]1CN(C(=O)OC(C)(C)C)CC[C@H]1F. The van der Waals surface area contributed by atoms with E-state index in [1.807, 2.05) is 0 Å². The van der Waals surface area contributed by atoms with E-state index in [4.69, 9.17) is 4.74 Å². The van der Waals surface area contributed by atoms with Crippen molar-refractivity contribution in [2.24, 2.45) is 5.92 Å². The van der Waals surface area contributed by atoms with Crippen LogP contribution in [0.25, 0.3) is 0 Å². The predicted molar refractivity (Wildman–Crippen MR) is 72.1 cm³/mol. The van der Waals surface area contributed by atoms with Gasteiger partial charge in [-0.1, -0.05) is 0 Å². The molecule has 1 aliphatic rings. The van der Waals surface area contributed by atoms with Gasteiger partial charge in [-0.05, 0) is 33.6 Å². The van der Waals surface area contributed by atoms with Crippen LogP contribution in [-0.4, -0.2) is 48.9 Å². The Hall–Kier alpha value is -1.33. The Labute approximate surface area is 119 Å². The number of carbonyl (C=O) groups excluding carboxylic acids is 2. The van der Waals surface area contributed by atoms with E-state index in [9.17, 15) is 14.0 Å². The summed E-state index contributed by atoms with van der Waals surface area (Å²) in [7, 11) is 1.31. The van der Waals surface area contributed by atoms with Crippen LogP contribution in [0.3, 0.4) is 0 Å². The molecule has 0 bridgehead atoms. The number of hydrogen-bond acceptors (Lipinski definition) is 4. The summed E-state index contributed by atoms with van der Waals surface area (Å²) in [6, 6.07) is 0. The molecule has 20 heavy (non-hydrogen) atoms. The molecule has 116 valence electrons. The molecular weight excluding hydrogens is 265 g/mol. The fourth-order valence-corrected chi connectivity index (χ4v) is 2.17. The highest BCUT2D eigenvalue weighted by atomic mass is 19.1. The van der Waals surface area contributed by atoms with Crippen molar-refractivity contribution in [1.29, 1.82) is 0 Å². The summed E-state index contributed by atoms with van der Waals surface area (Å²) in [6.07, 6.45) is -0.576. The first-order chi connectivity index (χ1) is 9.23. The zero-order chi connectivity index (χ0) is 15.3. The van der Waals surface area contributed by atoms with Crippen LogP contribution >= 0.6 is 0 Å². The topological polar surface area (TPSA) is 55.8 Å². The van der Waals surface area contributed by atoms with Crippen LogP contribution in [0.5, 0.6) is 0 Å². The highest BCUT2D eigenvalue weighted by Crippen LogP contribution is 2.25. The zero-order valence-corrected chi connectivity index (χ0v) is 12.6. The van der Waals surface area contributed by atoms with E-state index in [0.717, 1.165) is 0 Å². The fraction of sp³-hybridized carbons (Fsp3) is 0.857. The molecule has 5 nitrogen and oxygen atoms in total. The summed E-state index contributed by atoms with van der Waals surface area (Å²) in [4.78, 5) is 24.6. The lowest BCUT2D eigenvalue weighted by atomic mass is 9.92. The number of likely N-dealkylation sites (tertiary alicyclic amines) is 1. The number of esters is 1. The molecular formula is C14H24FNO4. The Balaban J connectivity index is 2.52. The van der Waals surface area contributed by atoms with Crippen LogP contribution in [0.4, 0.5) is 9.18 Å². The lowest BCUT2D eigenvalue weighted by Crippen LogP contribution is -2.46. The van der Waals surface area contributed by atoms with Gasteiger partial charge in [0.2, 0.25) is 0 Å². The minimum Gasteiger partial charge on any atom is -0.469 e. The third-order valence-corrected chi connectivity index (χ3v) is 3.24. The van der Waals surface area contributed by atoms with Crippen molar-refractivity contribution in [2.75, 3.05) is 20.2 Å². The maximum Gasteiger partial charge on any atom is 0.410 e. The summed E-state index contributed by atoms with van der Waals surface area (Å²) in [5, 5.41) is 0. The number of nitrogens with zero attached hydrogens (tertiary/aromatic N) is 1. The predicted octanol–water partition coefficient (Wildman–Crippen LogP) is 2.53. The van der Waals surface area contributed by atoms with E-state index in [1.165, 1.54) is 12.0 Å². The van der Waals surface area contributed by atoms with Crippen molar-refractivity contribution in [3.63, 3.8) is 0 Å². The van der Waals surface area contributed by atoms with Gasteiger partial charge in [0, 0.05) is 25.4 Å². The monoisotopic (exact) mass is 289 g/mol. The van der Waals surface area contributed by atoms with Gasteiger partial charge in [0.15, 0.2) is 0 Å². The molecule has 1 aliphatic heterocycles. The smallest absolute Gasteiger partial charge is 0.410 e. The van der Waals surface area contributed by atoms with Crippen molar-refractivity contribution < 1.29 is 23.5 Å². The van der Waals surface area contributed by atoms with Gasteiger partial charge in [0.25, 0.3) is 0 Å². The zero-order valence-electron chi connectivity index (χ0n) is 12.6. The molecule has 0 aromatic carbocycles. The summed E-state index contributed by atoms with van der Waals surface area (Å²) in [5.41, 5.74) is -0.564. The van der Waals surface area contributed by atoms with E-state index in [-0.39, 0.29) is 31.3 Å². The first-order valence-corrected chi connectivity index (χ1v) is 6.91. The molecule has 1 fully saturated rings. The van der Waals surface area contributed by atoms with Gasteiger partial charge in [-0.2, -0.15) is 0 Å². The Kier molecular flexibility index (Phi) is 5.77. The highest BCUT2D eigenvalue weighted by molar-refractivity contribution is 5.69. The van der Waals surface area contributed by atoms with Gasteiger partial charge in [-0.15, -0.1) is 0 Å². The van der Waals surface area contributed by atoms with Crippen molar-refractivity contribution in [3.8, 4) is 0 Å². The average molecular weight is 289 g/mol. The van der Waals surface area contributed by atoms with Gasteiger partial charge in [0.05, 0.1) is 7.11 Å². The van der Waals surface area contributed by atoms with E-state index in [1.54, 1.807) is 20.8 Å². The number of alkyl halides is 1. The van der Waals surface area contributed by atoms with Gasteiger partial charge < -0.3 is 14.4 Å². The second-order valence-electron chi connectivity index (χ2n) is 6.11. The number of hydrogen-bond donors (Lipinski definition) is 0. The van der Waals surface area contributed by atoms with E-state index in [0.29, 0.717) is 13.0 Å². The van der Waals surface area contributed by atoms with Crippen LogP contribution in [0.2, 0.25) is 0 Å². The first kappa shape index (κ1) is 16.7. The minimum absolute atomic E-state index is 0.170. The minimum atomic E-state index is -0.988. The molecule has 0 radical (unpaired) electrons. The first-order valence-electron chi connectivity index (χ1n) is 6.91. The molecule has 0 saturated carbocycles. The number of piperidine rings is 1. The molecule has 0 unspecified atom stereocenters. The van der Waals surface area contributed by atoms with Crippen molar-refractivity contribution in [2.45, 2.75) is 51.8 Å². The number of rotatable bonds is 3. The number of methoxy groups -OCH3 is 1. The maximum atomic E-state index is 13.8. The number of ether oxygens (including phenoxy) is 2. The third-order valence-electron chi connectivity index (χ3n) is 3.24. The molecule has 1 amide bonds. The van der Waals surface area contributed by atoms with Gasteiger partial charge in [-0.25, -0.2) is 9.18 Å². The molecule has 0 N–H and O–H groups in total. The lowest BCUT2D eigenvalue weighted by Gasteiger charge is -2.35. The Morgan fingerprint density at radius 3 is 2.55 bits per heavy atom. The van der Waals surface area contributed by atoms with Crippen LogP contribution < -0.4 is 0 Å². The van der Waals surface area contributed by atoms with Gasteiger partial charge >= 0.3 is 12.1 Å². The standard InChI is InChI=1S/C14H24FNO4/c1-14(2,3)20-13(18)16-8-7-11(15)10(9-16)5-6-12(17)19-4/h10-11H,5-9H2,1-4H3/t10-,11-/m1/s1. The lowest BCUT2D eigenvalue weighted by molar-refractivity contribution is -0.141. The molecule has 1 saturated heterocycles. The van der Waals surface area contributed by atoms with Gasteiger partial charge in [-0.3, -0.25) is 4.79 Å². The number of halogens is 1. The van der Waals surface area contributed by atoms with E-state index in [2.05, 4.69) is 4.74 Å². The molecule has 0 aliphatic carbocycles. The summed E-state index contributed by atoms with van der Waals surface area (Å²) < 4.78 is 23.7. The highest BCUT2D eigenvalue weighted by Gasteiger charge is 2.33. The molecule has 1 heterocycles. The largest absolute Gasteiger partial charge is 0.469 e. The maximum absolute atomic E-state index is 13.8. The quantitative estimate of drug-likeness (QED) is 0.749. The van der Waals surface area contributed by atoms with Crippen molar-refractivity contribution in [1.82, 2.24) is 4.90 Å². The molecule has 0 aromatic rings. The van der Waals surface area contributed by atoms with E-state index >= 15 is 0 Å². The third kappa shape index (κ3) is 5.35. The Bertz CT molecular complexity index is 354. The molecule has 6 heteroatoms. The molecule has 2 atom stereocenters. The number of amides is 1. The summed E-state index contributed by atoms with van der Waals surface area (Å²) in [6.45, 7) is 6.02. The molecule has 0 aromatic heterocycles. The number of carbonyl (C=O) groups is 2. The average Bonchev–Trinajstić information content (AvgIpc) is 2.35. The summed E-state index contributed by atoms with van der Waals surface area (Å²) >= 11 is 0. The summed E-state index contributed by atoms with van der Waals surface area (Å²) in [5.74, 6) is -0.693. The Morgan fingerprint density at radius 1 is 1.35 bits per heavy atom. The van der Waals surface area contributed by atoms with Crippen LogP contribution in [0.1, 0.15) is 40.0 Å². The van der Waals surface area contributed by atoms with Crippen molar-refractivity contribution in [3.05, 3.63) is 0 Å². The normalized spacial score (nSPS) is 23.4. The van der Waals surface area contributed by atoms with Crippen LogP contribution in [0, 0.1) is 5.92 Å². The molecule has 1 rings (SSSR count). The van der Waals surface area contributed by atoms with Crippen LogP contribution in [0.15, 0.2) is 0 Å². The van der Waals surface area contributed by atoms with Gasteiger partial charge in [0.1, 0.15) is 11.8 Å². The molecule has 0 spiro atoms. The van der Waals surface area contributed by atoms with Crippen LogP contribution in [-0.2, 0) is 14.3 Å². The fourth-order valence-electron chi connectivity index (χ4n) is 2.17. The second-order valence-corrected chi connectivity index (χ2v) is 6.11. The van der Waals surface area contributed by atoms with Crippen molar-refractivity contribution >= 4 is 12.1 Å². The Morgan fingerprint density at radius 2 is 2.00 bits per heavy atom. The second kappa shape index (κ2) is 6.90.